The van der Waals surface area contributed by atoms with Crippen LogP contribution in [0.3, 0.4) is 0 Å². The minimum Gasteiger partial charge on any atom is -0.270 e. The fourth-order valence-corrected chi connectivity index (χ4v) is 1.54. The number of nitrogens with zero attached hydrogens (tertiary/aromatic N) is 4. The zero-order chi connectivity index (χ0) is 12.3. The van der Waals surface area contributed by atoms with Gasteiger partial charge in [0.1, 0.15) is 0 Å². The highest BCUT2D eigenvalue weighted by atomic mass is 15.3. The van der Waals surface area contributed by atoms with Crippen molar-refractivity contribution in [2.75, 3.05) is 0 Å². The number of hydrogen-bond donors (Lipinski definition) is 0. The van der Waals surface area contributed by atoms with Gasteiger partial charge in [0, 0.05) is 30.2 Å². The van der Waals surface area contributed by atoms with Crippen molar-refractivity contribution in [2.24, 2.45) is 0 Å². The van der Waals surface area contributed by atoms with Gasteiger partial charge in [-0.05, 0) is 32.4 Å². The molecule has 17 heavy (non-hydrogen) atoms. The molecule has 88 valence electrons. The summed E-state index contributed by atoms with van der Waals surface area (Å²) in [5.41, 5.74) is 3.06. The van der Waals surface area contributed by atoms with Gasteiger partial charge in [-0.2, -0.15) is 5.10 Å². The zero-order valence-corrected chi connectivity index (χ0v) is 10.3. The fraction of sp³-hybridized carbons (Fsp3) is 0.308. The first kappa shape index (κ1) is 11.5. The summed E-state index contributed by atoms with van der Waals surface area (Å²) in [5, 5.41) is 4.30. The molecule has 2 heterocycles. The van der Waals surface area contributed by atoms with Crippen LogP contribution in [0.1, 0.15) is 38.1 Å². The number of allylic oxidation sites excluding steroid dienone is 1. The molecule has 0 aliphatic heterocycles. The van der Waals surface area contributed by atoms with Gasteiger partial charge in [-0.15, -0.1) is 0 Å². The topological polar surface area (TPSA) is 43.6 Å². The maximum atomic E-state index is 4.30. The first-order chi connectivity index (χ1) is 8.16. The van der Waals surface area contributed by atoms with E-state index in [1.807, 2.05) is 24.0 Å². The first-order valence-electron chi connectivity index (χ1n) is 5.65. The van der Waals surface area contributed by atoms with Crippen molar-refractivity contribution < 1.29 is 0 Å². The van der Waals surface area contributed by atoms with Crippen LogP contribution in [-0.2, 0) is 0 Å². The van der Waals surface area contributed by atoms with Crippen LogP contribution >= 0.6 is 0 Å². The summed E-state index contributed by atoms with van der Waals surface area (Å²) in [6.07, 6.45) is 11.1. The van der Waals surface area contributed by atoms with E-state index < -0.39 is 0 Å². The van der Waals surface area contributed by atoms with E-state index in [4.69, 9.17) is 0 Å². The number of hydrogen-bond acceptors (Lipinski definition) is 3. The maximum absolute atomic E-state index is 4.30. The van der Waals surface area contributed by atoms with E-state index in [-0.39, 0.29) is 0 Å². The monoisotopic (exact) mass is 228 g/mol. The summed E-state index contributed by atoms with van der Waals surface area (Å²) in [4.78, 5) is 8.32. The fourth-order valence-electron chi connectivity index (χ4n) is 1.54. The Bertz CT molecular complexity index is 511. The van der Waals surface area contributed by atoms with E-state index in [0.717, 1.165) is 16.8 Å². The molecule has 4 heteroatoms. The quantitative estimate of drug-likeness (QED) is 0.811. The Morgan fingerprint density at radius 1 is 1.29 bits per heavy atom. The highest BCUT2D eigenvalue weighted by molar-refractivity contribution is 5.77. The molecule has 0 spiro atoms. The molecular weight excluding hydrogens is 212 g/mol. The molecule has 2 aromatic heterocycles. The van der Waals surface area contributed by atoms with Crippen LogP contribution in [0.4, 0.5) is 0 Å². The van der Waals surface area contributed by atoms with Crippen LogP contribution in [0, 0.1) is 0 Å². The zero-order valence-electron chi connectivity index (χ0n) is 10.3. The van der Waals surface area contributed by atoms with Gasteiger partial charge in [0.2, 0.25) is 0 Å². The Morgan fingerprint density at radius 3 is 2.71 bits per heavy atom. The average Bonchev–Trinajstić information content (AvgIpc) is 2.79. The van der Waals surface area contributed by atoms with Crippen LogP contribution in [0.2, 0.25) is 0 Å². The minimum atomic E-state index is 0.383. The third-order valence-electron chi connectivity index (χ3n) is 2.50. The SMILES string of the molecule is C/C(=C/c1cnn(C(C)C)c1)c1cnccn1. The van der Waals surface area contributed by atoms with Crippen molar-refractivity contribution in [1.29, 1.82) is 0 Å². The molecule has 0 N–H and O–H groups in total. The lowest BCUT2D eigenvalue weighted by Gasteiger charge is -2.02. The lowest BCUT2D eigenvalue weighted by molar-refractivity contribution is 0.532. The van der Waals surface area contributed by atoms with E-state index in [2.05, 4.69) is 35.0 Å². The molecule has 0 aromatic carbocycles. The second-order valence-electron chi connectivity index (χ2n) is 4.27. The summed E-state index contributed by atoms with van der Waals surface area (Å²) in [7, 11) is 0. The van der Waals surface area contributed by atoms with Gasteiger partial charge in [0.25, 0.3) is 0 Å². The molecule has 0 amide bonds. The lowest BCUT2D eigenvalue weighted by Crippen LogP contribution is -1.99. The number of rotatable bonds is 3. The summed E-state index contributed by atoms with van der Waals surface area (Å²) < 4.78 is 1.94. The summed E-state index contributed by atoms with van der Waals surface area (Å²) in [6.45, 7) is 6.24. The highest BCUT2D eigenvalue weighted by Crippen LogP contribution is 2.15. The standard InChI is InChI=1S/C13H16N4/c1-10(2)17-9-12(7-16-17)6-11(3)13-8-14-4-5-15-13/h4-10H,1-3H3/b11-6-. The molecule has 0 radical (unpaired) electrons. The van der Waals surface area contributed by atoms with Crippen molar-refractivity contribution in [3.05, 3.63) is 42.2 Å². The minimum absolute atomic E-state index is 0.383. The molecule has 2 aromatic rings. The van der Waals surface area contributed by atoms with Gasteiger partial charge in [-0.25, -0.2) is 0 Å². The molecule has 4 nitrogen and oxygen atoms in total. The van der Waals surface area contributed by atoms with Crippen molar-refractivity contribution in [2.45, 2.75) is 26.8 Å². The third kappa shape index (κ3) is 2.78. The largest absolute Gasteiger partial charge is 0.270 e. The number of aromatic nitrogens is 4. The molecule has 0 fully saturated rings. The summed E-state index contributed by atoms with van der Waals surface area (Å²) >= 11 is 0. The first-order valence-corrected chi connectivity index (χ1v) is 5.65. The van der Waals surface area contributed by atoms with Crippen LogP contribution in [0.25, 0.3) is 11.6 Å². The predicted molar refractivity (Wildman–Crippen MR) is 68.2 cm³/mol. The highest BCUT2D eigenvalue weighted by Gasteiger charge is 2.01. The van der Waals surface area contributed by atoms with Gasteiger partial charge in [0.15, 0.2) is 0 Å². The Kier molecular flexibility index (Phi) is 3.32. The van der Waals surface area contributed by atoms with Crippen molar-refractivity contribution in [3.63, 3.8) is 0 Å². The van der Waals surface area contributed by atoms with Gasteiger partial charge in [0.05, 0.1) is 18.1 Å². The van der Waals surface area contributed by atoms with E-state index in [1.54, 1.807) is 18.6 Å². The van der Waals surface area contributed by atoms with Gasteiger partial charge < -0.3 is 0 Å². The Balaban J connectivity index is 2.24. The Morgan fingerprint density at radius 2 is 2.12 bits per heavy atom. The normalized spacial score (nSPS) is 12.1. The van der Waals surface area contributed by atoms with Crippen LogP contribution in [0.5, 0.6) is 0 Å². The van der Waals surface area contributed by atoms with Crippen molar-refractivity contribution >= 4 is 11.6 Å². The van der Waals surface area contributed by atoms with Crippen molar-refractivity contribution in [3.8, 4) is 0 Å². The second kappa shape index (κ2) is 4.91. The summed E-state index contributed by atoms with van der Waals surface area (Å²) in [6, 6.07) is 0.383. The Hall–Kier alpha value is -1.97. The molecule has 0 saturated heterocycles. The van der Waals surface area contributed by atoms with E-state index in [9.17, 15) is 0 Å². The van der Waals surface area contributed by atoms with Crippen LogP contribution < -0.4 is 0 Å². The predicted octanol–water partition coefficient (Wildman–Crippen LogP) is 2.81. The molecule has 0 aliphatic carbocycles. The van der Waals surface area contributed by atoms with Crippen molar-refractivity contribution in [1.82, 2.24) is 19.7 Å². The maximum Gasteiger partial charge on any atom is 0.0842 e. The van der Waals surface area contributed by atoms with Crippen LogP contribution in [-0.4, -0.2) is 19.7 Å². The summed E-state index contributed by atoms with van der Waals surface area (Å²) in [5.74, 6) is 0. The average molecular weight is 228 g/mol. The Labute approximate surface area is 101 Å². The lowest BCUT2D eigenvalue weighted by atomic mass is 10.1. The smallest absolute Gasteiger partial charge is 0.0842 e. The second-order valence-corrected chi connectivity index (χ2v) is 4.27. The molecular formula is C13H16N4. The van der Waals surface area contributed by atoms with Gasteiger partial charge >= 0.3 is 0 Å². The molecule has 0 bridgehead atoms. The third-order valence-corrected chi connectivity index (χ3v) is 2.50. The van der Waals surface area contributed by atoms with E-state index >= 15 is 0 Å². The van der Waals surface area contributed by atoms with Crippen LogP contribution in [0.15, 0.2) is 31.0 Å². The molecule has 0 unspecified atom stereocenters. The van der Waals surface area contributed by atoms with Gasteiger partial charge in [-0.3, -0.25) is 14.6 Å². The molecule has 0 atom stereocenters. The van der Waals surface area contributed by atoms with Gasteiger partial charge in [-0.1, -0.05) is 0 Å². The molecule has 0 aliphatic rings. The molecule has 0 saturated carbocycles. The van der Waals surface area contributed by atoms with E-state index in [0.29, 0.717) is 6.04 Å². The van der Waals surface area contributed by atoms with E-state index in [1.165, 1.54) is 0 Å². The molecule has 2 rings (SSSR count).